The number of aromatic nitrogens is 1. The molecule has 0 aliphatic heterocycles. The van der Waals surface area contributed by atoms with Gasteiger partial charge in [0, 0.05) is 12.6 Å². The average molecular weight is 209 g/mol. The summed E-state index contributed by atoms with van der Waals surface area (Å²) in [6.45, 7) is 2.52. The van der Waals surface area contributed by atoms with Crippen LogP contribution in [-0.4, -0.2) is 25.2 Å². The van der Waals surface area contributed by atoms with Crippen molar-refractivity contribution in [2.45, 2.75) is 19.4 Å². The number of pyridine rings is 1. The lowest BCUT2D eigenvalue weighted by atomic mass is 10.3. The minimum absolute atomic E-state index is 0.663. The zero-order chi connectivity index (χ0) is 10.9. The monoisotopic (exact) mass is 209 g/mol. The molecule has 1 heterocycles. The van der Waals surface area contributed by atoms with Gasteiger partial charge in [-0.1, -0.05) is 6.07 Å². The molecule has 1 aromatic heterocycles. The fraction of sp³-hybridized carbons (Fsp3) is 0.545. The molecular formula is C11H19N3O. The van der Waals surface area contributed by atoms with Crippen LogP contribution in [0.2, 0.25) is 0 Å². The average Bonchev–Trinajstić information content (AvgIpc) is 2.29. The van der Waals surface area contributed by atoms with Gasteiger partial charge in [-0.25, -0.2) is 4.98 Å². The summed E-state index contributed by atoms with van der Waals surface area (Å²) in [7, 11) is 1.63. The van der Waals surface area contributed by atoms with Gasteiger partial charge in [-0.05, 0) is 32.0 Å². The summed E-state index contributed by atoms with van der Waals surface area (Å²) in [4.78, 5) is 4.30. The summed E-state index contributed by atoms with van der Waals surface area (Å²) >= 11 is 0. The number of hydrogen-bond acceptors (Lipinski definition) is 4. The molecule has 1 aromatic rings. The minimum Gasteiger partial charge on any atom is -0.481 e. The van der Waals surface area contributed by atoms with Gasteiger partial charge in [0.05, 0.1) is 12.8 Å². The van der Waals surface area contributed by atoms with Gasteiger partial charge >= 0.3 is 0 Å². The smallest absolute Gasteiger partial charge is 0.213 e. The highest BCUT2D eigenvalue weighted by molar-refractivity contribution is 5.15. The van der Waals surface area contributed by atoms with E-state index in [1.807, 2.05) is 18.2 Å². The molecule has 1 rings (SSSR count). The second kappa shape index (κ2) is 7.20. The summed E-state index contributed by atoms with van der Waals surface area (Å²) in [5.41, 5.74) is 6.41. The first-order chi connectivity index (χ1) is 7.36. The van der Waals surface area contributed by atoms with Crippen molar-refractivity contribution < 1.29 is 4.74 Å². The fourth-order valence-electron chi connectivity index (χ4n) is 1.28. The van der Waals surface area contributed by atoms with Gasteiger partial charge in [0.25, 0.3) is 0 Å². The van der Waals surface area contributed by atoms with E-state index in [9.17, 15) is 0 Å². The highest BCUT2D eigenvalue weighted by Gasteiger charge is 1.96. The van der Waals surface area contributed by atoms with Crippen LogP contribution in [0.15, 0.2) is 18.2 Å². The standard InChI is InChI=1S/C11H19N3O/c1-15-11-6-4-5-10(14-11)9-13-8-3-2-7-12/h4-6,13H,2-3,7-9,12H2,1H3. The molecule has 84 valence electrons. The van der Waals surface area contributed by atoms with Crippen molar-refractivity contribution in [1.29, 1.82) is 0 Å². The number of nitrogens with two attached hydrogens (primary N) is 1. The van der Waals surface area contributed by atoms with Crippen LogP contribution in [0.3, 0.4) is 0 Å². The van der Waals surface area contributed by atoms with Crippen LogP contribution in [-0.2, 0) is 6.54 Å². The molecule has 0 unspecified atom stereocenters. The molecule has 0 atom stereocenters. The summed E-state index contributed by atoms with van der Waals surface area (Å²) in [5, 5.41) is 3.31. The molecule has 0 spiro atoms. The van der Waals surface area contributed by atoms with Crippen molar-refractivity contribution in [3.05, 3.63) is 23.9 Å². The Balaban J connectivity index is 2.24. The van der Waals surface area contributed by atoms with Crippen molar-refractivity contribution in [2.75, 3.05) is 20.2 Å². The number of nitrogens with one attached hydrogen (secondary N) is 1. The van der Waals surface area contributed by atoms with Crippen molar-refractivity contribution in [2.24, 2.45) is 5.73 Å². The number of rotatable bonds is 7. The molecule has 4 nitrogen and oxygen atoms in total. The topological polar surface area (TPSA) is 60.2 Å². The Morgan fingerprint density at radius 2 is 2.27 bits per heavy atom. The van der Waals surface area contributed by atoms with Gasteiger partial charge in [0.15, 0.2) is 0 Å². The Bertz CT molecular complexity index is 278. The molecule has 0 saturated carbocycles. The van der Waals surface area contributed by atoms with Gasteiger partial charge < -0.3 is 15.8 Å². The molecule has 0 radical (unpaired) electrons. The molecule has 3 N–H and O–H groups in total. The van der Waals surface area contributed by atoms with Crippen LogP contribution in [0.1, 0.15) is 18.5 Å². The van der Waals surface area contributed by atoms with Crippen LogP contribution in [0.25, 0.3) is 0 Å². The fourth-order valence-corrected chi connectivity index (χ4v) is 1.28. The van der Waals surface area contributed by atoms with Gasteiger partial charge in [-0.15, -0.1) is 0 Å². The van der Waals surface area contributed by atoms with Gasteiger partial charge in [0.2, 0.25) is 5.88 Å². The lowest BCUT2D eigenvalue weighted by molar-refractivity contribution is 0.395. The van der Waals surface area contributed by atoms with E-state index in [0.29, 0.717) is 5.88 Å². The first kappa shape index (κ1) is 11.9. The lowest BCUT2D eigenvalue weighted by Gasteiger charge is -2.05. The zero-order valence-electron chi connectivity index (χ0n) is 9.20. The molecule has 0 saturated heterocycles. The maximum absolute atomic E-state index is 5.40. The normalized spacial score (nSPS) is 10.3. The summed E-state index contributed by atoms with van der Waals surface area (Å²) in [6.07, 6.45) is 2.18. The van der Waals surface area contributed by atoms with Crippen LogP contribution in [0, 0.1) is 0 Å². The minimum atomic E-state index is 0.663. The number of unbranched alkanes of at least 4 members (excludes halogenated alkanes) is 1. The van der Waals surface area contributed by atoms with Crippen LogP contribution < -0.4 is 15.8 Å². The number of nitrogens with zero attached hydrogens (tertiary/aromatic N) is 1. The Kier molecular flexibility index (Phi) is 5.73. The van der Waals surface area contributed by atoms with Gasteiger partial charge in [-0.2, -0.15) is 0 Å². The largest absolute Gasteiger partial charge is 0.481 e. The van der Waals surface area contributed by atoms with Gasteiger partial charge in [0.1, 0.15) is 0 Å². The predicted molar refractivity (Wildman–Crippen MR) is 60.8 cm³/mol. The van der Waals surface area contributed by atoms with E-state index in [1.54, 1.807) is 7.11 Å². The third kappa shape index (κ3) is 4.76. The summed E-state index contributed by atoms with van der Waals surface area (Å²) in [5.74, 6) is 0.663. The third-order valence-electron chi connectivity index (χ3n) is 2.10. The molecular weight excluding hydrogens is 190 g/mol. The highest BCUT2D eigenvalue weighted by atomic mass is 16.5. The predicted octanol–water partition coefficient (Wildman–Crippen LogP) is 0.919. The van der Waals surface area contributed by atoms with Crippen LogP contribution >= 0.6 is 0 Å². The quantitative estimate of drug-likeness (QED) is 0.656. The summed E-state index contributed by atoms with van der Waals surface area (Å²) < 4.78 is 5.04. The molecule has 0 aromatic carbocycles. The lowest BCUT2D eigenvalue weighted by Crippen LogP contribution is -2.16. The maximum Gasteiger partial charge on any atom is 0.213 e. The van der Waals surface area contributed by atoms with E-state index >= 15 is 0 Å². The molecule has 0 aliphatic carbocycles. The van der Waals surface area contributed by atoms with E-state index < -0.39 is 0 Å². The molecule has 15 heavy (non-hydrogen) atoms. The van der Waals surface area contributed by atoms with E-state index in [0.717, 1.165) is 38.2 Å². The maximum atomic E-state index is 5.40. The second-order valence-electron chi connectivity index (χ2n) is 3.34. The van der Waals surface area contributed by atoms with Crippen LogP contribution in [0.4, 0.5) is 0 Å². The van der Waals surface area contributed by atoms with Crippen LogP contribution in [0.5, 0.6) is 5.88 Å². The Morgan fingerprint density at radius 3 is 3.00 bits per heavy atom. The Hall–Kier alpha value is -1.13. The highest BCUT2D eigenvalue weighted by Crippen LogP contribution is 2.05. The van der Waals surface area contributed by atoms with Crippen molar-refractivity contribution in [3.63, 3.8) is 0 Å². The molecule has 0 fully saturated rings. The van der Waals surface area contributed by atoms with E-state index in [2.05, 4.69) is 10.3 Å². The number of methoxy groups -OCH3 is 1. The van der Waals surface area contributed by atoms with Crippen molar-refractivity contribution in [1.82, 2.24) is 10.3 Å². The van der Waals surface area contributed by atoms with Gasteiger partial charge in [-0.3, -0.25) is 0 Å². The molecule has 0 aliphatic rings. The van der Waals surface area contributed by atoms with Crippen molar-refractivity contribution >= 4 is 0 Å². The van der Waals surface area contributed by atoms with E-state index in [-0.39, 0.29) is 0 Å². The third-order valence-corrected chi connectivity index (χ3v) is 2.10. The van der Waals surface area contributed by atoms with E-state index in [1.165, 1.54) is 0 Å². The zero-order valence-corrected chi connectivity index (χ0v) is 9.20. The van der Waals surface area contributed by atoms with E-state index in [4.69, 9.17) is 10.5 Å². The molecule has 4 heteroatoms. The number of hydrogen-bond donors (Lipinski definition) is 2. The second-order valence-corrected chi connectivity index (χ2v) is 3.34. The Labute approximate surface area is 90.8 Å². The molecule has 0 bridgehead atoms. The van der Waals surface area contributed by atoms with Crippen molar-refractivity contribution in [3.8, 4) is 5.88 Å². The number of ether oxygens (including phenoxy) is 1. The SMILES string of the molecule is COc1cccc(CNCCCCN)n1. The Morgan fingerprint density at radius 1 is 1.40 bits per heavy atom. The first-order valence-corrected chi connectivity index (χ1v) is 5.27. The first-order valence-electron chi connectivity index (χ1n) is 5.27. The summed E-state index contributed by atoms with van der Waals surface area (Å²) in [6, 6.07) is 5.78. The molecule has 0 amide bonds.